The Morgan fingerprint density at radius 1 is 0.722 bits per heavy atom. The number of halogens is 2. The molecule has 0 heterocycles. The van der Waals surface area contributed by atoms with E-state index in [0.717, 1.165) is 0 Å². The zero-order chi connectivity index (χ0) is 13.5. The van der Waals surface area contributed by atoms with Crippen molar-refractivity contribution >= 4 is 27.5 Å². The van der Waals surface area contributed by atoms with Crippen LogP contribution in [-0.2, 0) is 0 Å². The van der Waals surface area contributed by atoms with Gasteiger partial charge in [-0.2, -0.15) is 0 Å². The van der Waals surface area contributed by atoms with Gasteiger partial charge in [0.15, 0.2) is 0 Å². The van der Waals surface area contributed by atoms with Gasteiger partial charge in [-0.05, 0) is 19.3 Å². The number of hydrogen-bond donors (Lipinski definition) is 0. The first-order valence-electron chi connectivity index (χ1n) is 8.01. The van der Waals surface area contributed by atoms with Crippen molar-refractivity contribution in [3.63, 3.8) is 0 Å². The van der Waals surface area contributed by atoms with Gasteiger partial charge in [0.1, 0.15) is 0 Å². The van der Waals surface area contributed by atoms with E-state index in [4.69, 9.17) is 11.6 Å². The molecule has 0 spiro atoms. The van der Waals surface area contributed by atoms with E-state index in [1.165, 1.54) is 88.8 Å². The summed E-state index contributed by atoms with van der Waals surface area (Å²) in [5, 5.41) is 1.61. The largest absolute Gasteiger partial charge is 0.123 e. The minimum Gasteiger partial charge on any atom is -0.123 e. The second kappa shape index (κ2) is 15.8. The SMILES string of the molecule is CCCCC(Cl)CCCCCCCCCCCBr. The quantitative estimate of drug-likeness (QED) is 0.234. The summed E-state index contributed by atoms with van der Waals surface area (Å²) < 4.78 is 0. The third-order valence-corrected chi connectivity index (χ3v) is 4.52. The molecule has 0 saturated heterocycles. The Balaban J connectivity index is 3.02. The molecule has 110 valence electrons. The average molecular weight is 340 g/mol. The van der Waals surface area contributed by atoms with Crippen molar-refractivity contribution in [2.75, 3.05) is 5.33 Å². The smallest absolute Gasteiger partial charge is 0.0336 e. The van der Waals surface area contributed by atoms with Crippen molar-refractivity contribution in [3.8, 4) is 0 Å². The van der Waals surface area contributed by atoms with Gasteiger partial charge in [-0.15, -0.1) is 11.6 Å². The van der Waals surface area contributed by atoms with Crippen LogP contribution in [0.25, 0.3) is 0 Å². The summed E-state index contributed by atoms with van der Waals surface area (Å²) in [7, 11) is 0. The lowest BCUT2D eigenvalue weighted by molar-refractivity contribution is 0.541. The lowest BCUT2D eigenvalue weighted by atomic mass is 10.0. The van der Waals surface area contributed by atoms with Crippen LogP contribution in [0, 0.1) is 0 Å². The van der Waals surface area contributed by atoms with Gasteiger partial charge in [0, 0.05) is 10.7 Å². The molecule has 1 atom stereocenters. The normalized spacial score (nSPS) is 12.8. The highest BCUT2D eigenvalue weighted by atomic mass is 79.9. The predicted octanol–water partition coefficient (Wildman–Crippen LogP) is 7.08. The fourth-order valence-electron chi connectivity index (χ4n) is 2.27. The standard InChI is InChI=1S/C16H32BrCl/c1-2-3-13-16(18)14-11-9-7-5-4-6-8-10-12-15-17/h16H,2-15H2,1H3. The van der Waals surface area contributed by atoms with Crippen LogP contribution in [0.15, 0.2) is 0 Å². The van der Waals surface area contributed by atoms with Gasteiger partial charge in [-0.1, -0.05) is 87.1 Å². The van der Waals surface area contributed by atoms with Crippen LogP contribution >= 0.6 is 27.5 Å². The fraction of sp³-hybridized carbons (Fsp3) is 1.00. The van der Waals surface area contributed by atoms with E-state index in [9.17, 15) is 0 Å². The third kappa shape index (κ3) is 14.8. The van der Waals surface area contributed by atoms with E-state index in [0.29, 0.717) is 5.38 Å². The van der Waals surface area contributed by atoms with Crippen molar-refractivity contribution in [1.82, 2.24) is 0 Å². The Morgan fingerprint density at radius 2 is 1.17 bits per heavy atom. The molecule has 0 fully saturated rings. The molecule has 0 rings (SSSR count). The zero-order valence-electron chi connectivity index (χ0n) is 12.2. The van der Waals surface area contributed by atoms with Crippen LogP contribution < -0.4 is 0 Å². The molecule has 0 aliphatic rings. The average Bonchev–Trinajstić information content (AvgIpc) is 2.38. The van der Waals surface area contributed by atoms with E-state index in [2.05, 4.69) is 22.9 Å². The summed E-state index contributed by atoms with van der Waals surface area (Å²) in [6, 6.07) is 0. The molecule has 0 aromatic rings. The van der Waals surface area contributed by atoms with Crippen LogP contribution in [0.2, 0.25) is 0 Å². The molecule has 0 nitrogen and oxygen atoms in total. The van der Waals surface area contributed by atoms with Gasteiger partial charge in [0.2, 0.25) is 0 Å². The van der Waals surface area contributed by atoms with E-state index in [1.807, 2.05) is 0 Å². The molecule has 1 unspecified atom stereocenters. The molecule has 0 saturated carbocycles. The highest BCUT2D eigenvalue weighted by Gasteiger charge is 2.02. The second-order valence-electron chi connectivity index (χ2n) is 5.40. The Morgan fingerprint density at radius 3 is 1.67 bits per heavy atom. The van der Waals surface area contributed by atoms with Gasteiger partial charge in [-0.25, -0.2) is 0 Å². The van der Waals surface area contributed by atoms with Crippen molar-refractivity contribution in [2.24, 2.45) is 0 Å². The van der Waals surface area contributed by atoms with E-state index in [1.54, 1.807) is 0 Å². The molecule has 0 amide bonds. The van der Waals surface area contributed by atoms with Crippen molar-refractivity contribution < 1.29 is 0 Å². The van der Waals surface area contributed by atoms with Crippen molar-refractivity contribution in [1.29, 1.82) is 0 Å². The lowest BCUT2D eigenvalue weighted by Crippen LogP contribution is -1.97. The number of rotatable bonds is 14. The molecule has 2 heteroatoms. The predicted molar refractivity (Wildman–Crippen MR) is 89.1 cm³/mol. The zero-order valence-corrected chi connectivity index (χ0v) is 14.6. The summed E-state index contributed by atoms with van der Waals surface area (Å²) in [6.07, 6.45) is 17.6. The summed E-state index contributed by atoms with van der Waals surface area (Å²) in [5.41, 5.74) is 0. The molecule has 0 aromatic heterocycles. The van der Waals surface area contributed by atoms with Crippen LogP contribution in [-0.4, -0.2) is 10.7 Å². The highest BCUT2D eigenvalue weighted by molar-refractivity contribution is 9.09. The summed E-state index contributed by atoms with van der Waals surface area (Å²) >= 11 is 9.74. The number of hydrogen-bond acceptors (Lipinski definition) is 0. The second-order valence-corrected chi connectivity index (χ2v) is 6.81. The first kappa shape index (κ1) is 18.8. The molecule has 0 radical (unpaired) electrons. The maximum Gasteiger partial charge on any atom is 0.0336 e. The van der Waals surface area contributed by atoms with Gasteiger partial charge in [0.25, 0.3) is 0 Å². The van der Waals surface area contributed by atoms with E-state index < -0.39 is 0 Å². The third-order valence-electron chi connectivity index (χ3n) is 3.52. The summed E-state index contributed by atoms with van der Waals surface area (Å²) in [4.78, 5) is 0. The highest BCUT2D eigenvalue weighted by Crippen LogP contribution is 2.17. The minimum absolute atomic E-state index is 0.439. The van der Waals surface area contributed by atoms with Gasteiger partial charge in [-0.3, -0.25) is 0 Å². The van der Waals surface area contributed by atoms with E-state index >= 15 is 0 Å². The molecule has 0 bridgehead atoms. The molecule has 0 aliphatic heterocycles. The number of unbranched alkanes of at least 4 members (excludes halogenated alkanes) is 9. The Kier molecular flexibility index (Phi) is 16.5. The topological polar surface area (TPSA) is 0 Å². The molecular weight excluding hydrogens is 308 g/mol. The monoisotopic (exact) mass is 338 g/mol. The maximum atomic E-state index is 6.27. The Hall–Kier alpha value is 0.770. The van der Waals surface area contributed by atoms with Crippen LogP contribution in [0.1, 0.15) is 90.4 Å². The Labute approximate surface area is 128 Å². The molecule has 0 N–H and O–H groups in total. The first-order chi connectivity index (χ1) is 8.81. The summed E-state index contributed by atoms with van der Waals surface area (Å²) in [5.74, 6) is 0. The molecule has 0 aliphatic carbocycles. The van der Waals surface area contributed by atoms with Crippen LogP contribution in [0.4, 0.5) is 0 Å². The van der Waals surface area contributed by atoms with E-state index in [-0.39, 0.29) is 0 Å². The lowest BCUT2D eigenvalue weighted by Gasteiger charge is -2.08. The van der Waals surface area contributed by atoms with Crippen LogP contribution in [0.3, 0.4) is 0 Å². The van der Waals surface area contributed by atoms with Gasteiger partial charge >= 0.3 is 0 Å². The first-order valence-corrected chi connectivity index (χ1v) is 9.57. The summed E-state index contributed by atoms with van der Waals surface area (Å²) in [6.45, 7) is 2.24. The molecular formula is C16H32BrCl. The van der Waals surface area contributed by atoms with Gasteiger partial charge in [0.05, 0.1) is 0 Å². The Bertz CT molecular complexity index is 150. The molecule has 18 heavy (non-hydrogen) atoms. The number of alkyl halides is 2. The van der Waals surface area contributed by atoms with Crippen molar-refractivity contribution in [2.45, 2.75) is 95.8 Å². The van der Waals surface area contributed by atoms with Crippen LogP contribution in [0.5, 0.6) is 0 Å². The van der Waals surface area contributed by atoms with Gasteiger partial charge < -0.3 is 0 Å². The maximum absolute atomic E-state index is 6.27. The molecule has 0 aromatic carbocycles. The minimum atomic E-state index is 0.439. The van der Waals surface area contributed by atoms with Crippen molar-refractivity contribution in [3.05, 3.63) is 0 Å². The fourth-order valence-corrected chi connectivity index (χ4v) is 2.97.